The summed E-state index contributed by atoms with van der Waals surface area (Å²) in [6, 6.07) is 8.46. The summed E-state index contributed by atoms with van der Waals surface area (Å²) in [4.78, 5) is 2.27. The molecule has 1 aromatic carbocycles. The Bertz CT molecular complexity index is 319. The molecule has 0 bridgehead atoms. The van der Waals surface area contributed by atoms with E-state index in [-0.39, 0.29) is 0 Å². The summed E-state index contributed by atoms with van der Waals surface area (Å²) >= 11 is 2.42. The van der Waals surface area contributed by atoms with E-state index >= 15 is 0 Å². The SMILES string of the molecule is CN1c2ccccc2C=CC1I. The van der Waals surface area contributed by atoms with Crippen LogP contribution in [0.15, 0.2) is 30.3 Å². The van der Waals surface area contributed by atoms with E-state index in [4.69, 9.17) is 0 Å². The van der Waals surface area contributed by atoms with Crippen molar-refractivity contribution in [2.75, 3.05) is 11.9 Å². The van der Waals surface area contributed by atoms with Gasteiger partial charge in [0.25, 0.3) is 0 Å². The molecule has 0 amide bonds. The van der Waals surface area contributed by atoms with E-state index in [1.54, 1.807) is 0 Å². The summed E-state index contributed by atoms with van der Waals surface area (Å²) in [5.74, 6) is 0. The van der Waals surface area contributed by atoms with Crippen molar-refractivity contribution in [3.63, 3.8) is 0 Å². The smallest absolute Gasteiger partial charge is 0.0993 e. The topological polar surface area (TPSA) is 3.24 Å². The lowest BCUT2D eigenvalue weighted by atomic mass is 10.1. The molecule has 0 saturated heterocycles. The Morgan fingerprint density at radius 3 is 2.92 bits per heavy atom. The van der Waals surface area contributed by atoms with E-state index in [9.17, 15) is 0 Å². The quantitative estimate of drug-likeness (QED) is 0.398. The molecule has 1 atom stereocenters. The van der Waals surface area contributed by atoms with Gasteiger partial charge in [-0.2, -0.15) is 0 Å². The number of nitrogens with zero attached hydrogens (tertiary/aromatic N) is 1. The van der Waals surface area contributed by atoms with E-state index in [1.807, 2.05) is 0 Å². The van der Waals surface area contributed by atoms with Crippen LogP contribution in [0.2, 0.25) is 0 Å². The molecule has 0 radical (unpaired) electrons. The van der Waals surface area contributed by atoms with Crippen LogP contribution in [0.5, 0.6) is 0 Å². The van der Waals surface area contributed by atoms with Crippen molar-refractivity contribution in [1.29, 1.82) is 0 Å². The molecule has 0 saturated carbocycles. The maximum Gasteiger partial charge on any atom is 0.0993 e. The van der Waals surface area contributed by atoms with Crippen LogP contribution < -0.4 is 4.90 Å². The Balaban J connectivity index is 2.52. The summed E-state index contributed by atoms with van der Waals surface area (Å²) in [6.07, 6.45) is 4.40. The number of anilines is 1. The van der Waals surface area contributed by atoms with Crippen LogP contribution in [0.3, 0.4) is 0 Å². The third-order valence-electron chi connectivity index (χ3n) is 2.12. The second kappa shape index (κ2) is 3.09. The Kier molecular flexibility index (Phi) is 2.09. The predicted molar refractivity (Wildman–Crippen MR) is 61.7 cm³/mol. The van der Waals surface area contributed by atoms with Gasteiger partial charge in [-0.3, -0.25) is 0 Å². The zero-order valence-corrected chi connectivity index (χ0v) is 9.02. The van der Waals surface area contributed by atoms with Crippen LogP contribution >= 0.6 is 22.6 Å². The molecular weight excluding hydrogens is 261 g/mol. The normalized spacial score (nSPS) is 20.8. The lowest BCUT2D eigenvalue weighted by Gasteiger charge is -2.28. The monoisotopic (exact) mass is 271 g/mol. The number of halogens is 1. The van der Waals surface area contributed by atoms with Crippen LogP contribution in [0.25, 0.3) is 6.08 Å². The summed E-state index contributed by atoms with van der Waals surface area (Å²) in [6.45, 7) is 0. The highest BCUT2D eigenvalue weighted by Crippen LogP contribution is 2.29. The van der Waals surface area contributed by atoms with Crippen LogP contribution in [-0.2, 0) is 0 Å². The molecule has 1 heterocycles. The van der Waals surface area contributed by atoms with Crippen LogP contribution in [-0.4, -0.2) is 11.1 Å². The highest BCUT2D eigenvalue weighted by Gasteiger charge is 2.14. The molecule has 1 aliphatic heterocycles. The molecule has 1 unspecified atom stereocenters. The Hall–Kier alpha value is -0.510. The number of alkyl halides is 1. The Morgan fingerprint density at radius 1 is 1.33 bits per heavy atom. The second-order valence-corrected chi connectivity index (χ2v) is 4.18. The third kappa shape index (κ3) is 1.24. The molecule has 1 aliphatic rings. The Labute approximate surface area is 86.2 Å². The van der Waals surface area contributed by atoms with Gasteiger partial charge >= 0.3 is 0 Å². The van der Waals surface area contributed by atoms with Gasteiger partial charge in [0.2, 0.25) is 0 Å². The van der Waals surface area contributed by atoms with Gasteiger partial charge in [-0.25, -0.2) is 0 Å². The van der Waals surface area contributed by atoms with Crippen molar-refractivity contribution in [1.82, 2.24) is 0 Å². The van der Waals surface area contributed by atoms with E-state index in [0.29, 0.717) is 4.05 Å². The standard InChI is InChI=1S/C10H10IN/c1-12-9-5-3-2-4-8(9)6-7-10(12)11/h2-7,10H,1H3. The van der Waals surface area contributed by atoms with Crippen molar-refractivity contribution in [2.45, 2.75) is 4.05 Å². The van der Waals surface area contributed by atoms with E-state index < -0.39 is 0 Å². The zero-order valence-electron chi connectivity index (χ0n) is 6.87. The summed E-state index contributed by atoms with van der Waals surface area (Å²) in [5, 5.41) is 0. The first-order valence-corrected chi connectivity index (χ1v) is 5.18. The average molecular weight is 271 g/mol. The van der Waals surface area contributed by atoms with Gasteiger partial charge in [-0.05, 0) is 11.6 Å². The van der Waals surface area contributed by atoms with Crippen molar-refractivity contribution in [3.8, 4) is 0 Å². The minimum absolute atomic E-state index is 0.484. The molecule has 0 N–H and O–H groups in total. The molecule has 1 aromatic rings. The minimum Gasteiger partial charge on any atom is -0.359 e. The number of rotatable bonds is 0. The molecule has 2 heteroatoms. The van der Waals surface area contributed by atoms with Gasteiger partial charge in [0.05, 0.1) is 4.05 Å². The van der Waals surface area contributed by atoms with Crippen LogP contribution in [0.4, 0.5) is 5.69 Å². The van der Waals surface area contributed by atoms with E-state index in [0.717, 1.165) is 0 Å². The number of likely N-dealkylation sites (N-methyl/N-ethyl adjacent to an activating group) is 1. The first-order chi connectivity index (χ1) is 5.79. The molecule has 0 spiro atoms. The van der Waals surface area contributed by atoms with Gasteiger partial charge in [-0.1, -0.05) is 52.9 Å². The van der Waals surface area contributed by atoms with Crippen LogP contribution in [0.1, 0.15) is 5.56 Å². The molecule has 0 fully saturated rings. The second-order valence-electron chi connectivity index (χ2n) is 2.90. The first kappa shape index (κ1) is 8.10. The van der Waals surface area contributed by atoms with Gasteiger partial charge in [0.15, 0.2) is 0 Å². The maximum absolute atomic E-state index is 2.42. The van der Waals surface area contributed by atoms with E-state index in [2.05, 4.69) is 71.0 Å². The maximum atomic E-state index is 2.42. The van der Waals surface area contributed by atoms with Gasteiger partial charge < -0.3 is 4.90 Å². The zero-order chi connectivity index (χ0) is 8.55. The number of hydrogen-bond acceptors (Lipinski definition) is 1. The van der Waals surface area contributed by atoms with E-state index in [1.165, 1.54) is 11.3 Å². The molecule has 12 heavy (non-hydrogen) atoms. The summed E-state index contributed by atoms with van der Waals surface area (Å²) < 4.78 is 0.484. The lowest BCUT2D eigenvalue weighted by molar-refractivity contribution is 0.993. The lowest BCUT2D eigenvalue weighted by Crippen LogP contribution is -2.26. The fourth-order valence-corrected chi connectivity index (χ4v) is 1.90. The highest BCUT2D eigenvalue weighted by molar-refractivity contribution is 14.1. The van der Waals surface area contributed by atoms with Crippen molar-refractivity contribution in [3.05, 3.63) is 35.9 Å². The predicted octanol–water partition coefficient (Wildman–Crippen LogP) is 2.91. The average Bonchev–Trinajstić information content (AvgIpc) is 2.12. The highest BCUT2D eigenvalue weighted by atomic mass is 127. The molecule has 0 aromatic heterocycles. The van der Waals surface area contributed by atoms with Crippen LogP contribution in [0, 0.1) is 0 Å². The number of para-hydroxylation sites is 1. The van der Waals surface area contributed by atoms with Crippen molar-refractivity contribution < 1.29 is 0 Å². The molecule has 0 aliphatic carbocycles. The molecule has 62 valence electrons. The van der Waals surface area contributed by atoms with Gasteiger partial charge in [0.1, 0.15) is 0 Å². The number of hydrogen-bond donors (Lipinski definition) is 0. The fraction of sp³-hybridized carbons (Fsp3) is 0.200. The molecule has 1 nitrogen and oxygen atoms in total. The first-order valence-electron chi connectivity index (χ1n) is 3.93. The minimum atomic E-state index is 0.484. The van der Waals surface area contributed by atoms with Gasteiger partial charge in [0, 0.05) is 12.7 Å². The fourth-order valence-electron chi connectivity index (χ4n) is 1.39. The Morgan fingerprint density at radius 2 is 2.08 bits per heavy atom. The van der Waals surface area contributed by atoms with Crippen molar-refractivity contribution in [2.24, 2.45) is 0 Å². The molecule has 2 rings (SSSR count). The van der Waals surface area contributed by atoms with Gasteiger partial charge in [-0.15, -0.1) is 0 Å². The summed E-state index contributed by atoms with van der Waals surface area (Å²) in [5.41, 5.74) is 2.63. The largest absolute Gasteiger partial charge is 0.359 e. The molecular formula is C10H10IN. The number of fused-ring (bicyclic) bond motifs is 1. The summed E-state index contributed by atoms with van der Waals surface area (Å²) in [7, 11) is 2.12. The third-order valence-corrected chi connectivity index (χ3v) is 3.37. The van der Waals surface area contributed by atoms with Crippen molar-refractivity contribution >= 4 is 34.4 Å². The number of benzene rings is 1.